The average Bonchev–Trinajstić information content (AvgIpc) is 3.14. The summed E-state index contributed by atoms with van der Waals surface area (Å²) in [5.74, 6) is -0.945. The van der Waals surface area contributed by atoms with Crippen LogP contribution in [0.2, 0.25) is 0 Å². The lowest BCUT2D eigenvalue weighted by Crippen LogP contribution is -2.36. The number of Topliss-reactive ketones (excluding diaryl/α,β-unsaturated/α-hetero) is 2. The Hall–Kier alpha value is -3.01. The first kappa shape index (κ1) is 17.8. The number of allylic oxidation sites excluding steroid dienone is 1. The second kappa shape index (κ2) is 7.48. The lowest BCUT2D eigenvalue weighted by atomic mass is 9.74. The number of benzene rings is 2. The summed E-state index contributed by atoms with van der Waals surface area (Å²) in [4.78, 5) is 37.7. The highest BCUT2D eigenvalue weighted by atomic mass is 16.5. The van der Waals surface area contributed by atoms with Gasteiger partial charge in [-0.05, 0) is 25.3 Å². The van der Waals surface area contributed by atoms with Gasteiger partial charge in [-0.2, -0.15) is 0 Å². The van der Waals surface area contributed by atoms with Crippen molar-refractivity contribution in [2.75, 3.05) is 0 Å². The standard InChI is InChI=1S/C22H20O4/c1-16(23)22(20(24)18-10-6-3-7-11-18)13-12-19(14-22)21(25)26-15-17-8-4-2-5-9-17/h2-12H,13-15H2,1H3. The molecule has 0 radical (unpaired) electrons. The molecule has 0 spiro atoms. The Morgan fingerprint density at radius 1 is 0.962 bits per heavy atom. The first-order valence-corrected chi connectivity index (χ1v) is 8.54. The second-order valence-electron chi connectivity index (χ2n) is 6.51. The van der Waals surface area contributed by atoms with E-state index < -0.39 is 11.4 Å². The summed E-state index contributed by atoms with van der Waals surface area (Å²) in [6.07, 6.45) is 1.98. The van der Waals surface area contributed by atoms with Crippen LogP contribution in [-0.2, 0) is 20.9 Å². The summed E-state index contributed by atoms with van der Waals surface area (Å²) in [5.41, 5.74) is 0.552. The maximum Gasteiger partial charge on any atom is 0.334 e. The average molecular weight is 348 g/mol. The van der Waals surface area contributed by atoms with E-state index in [1.807, 2.05) is 36.4 Å². The van der Waals surface area contributed by atoms with Gasteiger partial charge in [-0.25, -0.2) is 4.79 Å². The van der Waals surface area contributed by atoms with Crippen molar-refractivity contribution in [3.63, 3.8) is 0 Å². The van der Waals surface area contributed by atoms with Crippen LogP contribution < -0.4 is 0 Å². The number of esters is 1. The fourth-order valence-corrected chi connectivity index (χ4v) is 3.21. The third-order valence-corrected chi connectivity index (χ3v) is 4.81. The van der Waals surface area contributed by atoms with Crippen LogP contribution in [-0.4, -0.2) is 17.5 Å². The summed E-state index contributed by atoms with van der Waals surface area (Å²) in [6.45, 7) is 1.57. The molecule has 2 aromatic carbocycles. The number of hydrogen-bond acceptors (Lipinski definition) is 4. The van der Waals surface area contributed by atoms with Gasteiger partial charge in [0.2, 0.25) is 0 Å². The molecule has 0 bridgehead atoms. The van der Waals surface area contributed by atoms with Crippen molar-refractivity contribution >= 4 is 17.5 Å². The Kier molecular flexibility index (Phi) is 5.12. The van der Waals surface area contributed by atoms with Gasteiger partial charge in [0.05, 0.1) is 5.41 Å². The number of carbonyl (C=O) groups excluding carboxylic acids is 3. The van der Waals surface area contributed by atoms with Gasteiger partial charge in [-0.3, -0.25) is 9.59 Å². The van der Waals surface area contributed by atoms with E-state index >= 15 is 0 Å². The highest BCUT2D eigenvalue weighted by Gasteiger charge is 2.47. The molecule has 0 saturated heterocycles. The Bertz CT molecular complexity index is 852. The van der Waals surface area contributed by atoms with Crippen LogP contribution in [0.1, 0.15) is 35.7 Å². The Balaban J connectivity index is 1.72. The molecular weight excluding hydrogens is 328 g/mol. The van der Waals surface area contributed by atoms with E-state index in [9.17, 15) is 14.4 Å². The third kappa shape index (κ3) is 3.49. The zero-order chi connectivity index (χ0) is 18.6. The Morgan fingerprint density at radius 3 is 2.19 bits per heavy atom. The van der Waals surface area contributed by atoms with Crippen LogP contribution in [0.3, 0.4) is 0 Å². The number of ketones is 2. The lowest BCUT2D eigenvalue weighted by Gasteiger charge is -2.24. The van der Waals surface area contributed by atoms with Crippen LogP contribution in [0, 0.1) is 5.41 Å². The van der Waals surface area contributed by atoms with Gasteiger partial charge in [0.15, 0.2) is 5.78 Å². The minimum Gasteiger partial charge on any atom is -0.457 e. The van der Waals surface area contributed by atoms with Gasteiger partial charge in [0.25, 0.3) is 0 Å². The van der Waals surface area contributed by atoms with Crippen molar-refractivity contribution in [3.05, 3.63) is 83.4 Å². The van der Waals surface area contributed by atoms with Gasteiger partial charge in [-0.1, -0.05) is 66.7 Å². The predicted molar refractivity (Wildman–Crippen MR) is 97.4 cm³/mol. The maximum absolute atomic E-state index is 13.0. The molecular formula is C22H20O4. The van der Waals surface area contributed by atoms with Crippen LogP contribution in [0.15, 0.2) is 72.3 Å². The molecule has 3 rings (SSSR count). The molecule has 0 aromatic heterocycles. The predicted octanol–water partition coefficient (Wildman–Crippen LogP) is 3.91. The van der Waals surface area contributed by atoms with E-state index in [0.29, 0.717) is 11.1 Å². The molecule has 1 atom stereocenters. The first-order chi connectivity index (χ1) is 12.5. The minimum absolute atomic E-state index is 0.0870. The second-order valence-corrected chi connectivity index (χ2v) is 6.51. The normalized spacial score (nSPS) is 18.9. The first-order valence-electron chi connectivity index (χ1n) is 8.54. The number of rotatable bonds is 6. The van der Waals surface area contributed by atoms with Gasteiger partial charge < -0.3 is 4.74 Å². The minimum atomic E-state index is -1.21. The molecule has 4 heteroatoms. The van der Waals surface area contributed by atoms with E-state index in [1.54, 1.807) is 30.3 Å². The molecule has 0 saturated carbocycles. The van der Waals surface area contributed by atoms with E-state index in [2.05, 4.69) is 0 Å². The molecule has 1 aliphatic carbocycles. The zero-order valence-electron chi connectivity index (χ0n) is 14.6. The van der Waals surface area contributed by atoms with Gasteiger partial charge in [-0.15, -0.1) is 0 Å². The quantitative estimate of drug-likeness (QED) is 0.451. The molecule has 2 aromatic rings. The lowest BCUT2D eigenvalue weighted by molar-refractivity contribution is -0.140. The van der Waals surface area contributed by atoms with E-state index in [0.717, 1.165) is 5.56 Å². The number of carbonyl (C=O) groups is 3. The van der Waals surface area contributed by atoms with Crippen molar-refractivity contribution in [1.82, 2.24) is 0 Å². The number of hydrogen-bond donors (Lipinski definition) is 0. The fourth-order valence-electron chi connectivity index (χ4n) is 3.21. The summed E-state index contributed by atoms with van der Waals surface area (Å²) in [5, 5.41) is 0. The fraction of sp³-hybridized carbons (Fsp3) is 0.227. The summed E-state index contributed by atoms with van der Waals surface area (Å²) in [6, 6.07) is 18.1. The molecule has 0 N–H and O–H groups in total. The highest BCUT2D eigenvalue weighted by molar-refractivity contribution is 6.15. The van der Waals surface area contributed by atoms with Crippen molar-refractivity contribution in [2.24, 2.45) is 5.41 Å². The Morgan fingerprint density at radius 2 is 1.58 bits per heavy atom. The third-order valence-electron chi connectivity index (χ3n) is 4.81. The molecule has 26 heavy (non-hydrogen) atoms. The molecule has 132 valence electrons. The van der Waals surface area contributed by atoms with Crippen molar-refractivity contribution in [1.29, 1.82) is 0 Å². The maximum atomic E-state index is 13.0. The van der Waals surface area contributed by atoms with Crippen molar-refractivity contribution in [3.8, 4) is 0 Å². The molecule has 1 aliphatic rings. The Labute approximate surface area is 152 Å². The largest absolute Gasteiger partial charge is 0.457 e. The highest BCUT2D eigenvalue weighted by Crippen LogP contribution is 2.41. The molecule has 1 unspecified atom stereocenters. The van der Waals surface area contributed by atoms with E-state index in [4.69, 9.17) is 4.74 Å². The van der Waals surface area contributed by atoms with Crippen molar-refractivity contribution < 1.29 is 19.1 Å². The van der Waals surface area contributed by atoms with Crippen molar-refractivity contribution in [2.45, 2.75) is 26.4 Å². The topological polar surface area (TPSA) is 60.4 Å². The molecule has 0 heterocycles. The van der Waals surface area contributed by atoms with Crippen LogP contribution in [0.25, 0.3) is 0 Å². The van der Waals surface area contributed by atoms with Crippen LogP contribution in [0.4, 0.5) is 0 Å². The SMILES string of the molecule is CC(=O)C1(C(=O)c2ccccc2)CC=C(C(=O)OCc2ccccc2)C1. The van der Waals surface area contributed by atoms with Gasteiger partial charge >= 0.3 is 5.97 Å². The molecule has 0 aliphatic heterocycles. The van der Waals surface area contributed by atoms with E-state index in [-0.39, 0.29) is 31.0 Å². The molecule has 4 nitrogen and oxygen atoms in total. The van der Waals surface area contributed by atoms with Gasteiger partial charge in [0.1, 0.15) is 12.4 Å². The molecule has 0 amide bonds. The summed E-state index contributed by atoms with van der Waals surface area (Å²) < 4.78 is 5.34. The summed E-state index contributed by atoms with van der Waals surface area (Å²) in [7, 11) is 0. The van der Waals surface area contributed by atoms with E-state index in [1.165, 1.54) is 6.92 Å². The smallest absolute Gasteiger partial charge is 0.334 e. The van der Waals surface area contributed by atoms with Gasteiger partial charge in [0, 0.05) is 11.1 Å². The number of ether oxygens (including phenoxy) is 1. The molecule has 0 fully saturated rings. The zero-order valence-corrected chi connectivity index (χ0v) is 14.6. The van der Waals surface area contributed by atoms with Crippen LogP contribution >= 0.6 is 0 Å². The van der Waals surface area contributed by atoms with Crippen LogP contribution in [0.5, 0.6) is 0 Å². The summed E-state index contributed by atoms with van der Waals surface area (Å²) >= 11 is 0. The monoisotopic (exact) mass is 348 g/mol.